The summed E-state index contributed by atoms with van der Waals surface area (Å²) in [4.78, 5) is 13.9. The summed E-state index contributed by atoms with van der Waals surface area (Å²) in [5.41, 5.74) is 0.173. The lowest BCUT2D eigenvalue weighted by Gasteiger charge is -2.27. The predicted molar refractivity (Wildman–Crippen MR) is 103 cm³/mol. The van der Waals surface area contributed by atoms with Gasteiger partial charge in [0.1, 0.15) is 10.7 Å². The second-order valence-electron chi connectivity index (χ2n) is 6.22. The molecule has 0 aromatic heterocycles. The topological polar surface area (TPSA) is 66.5 Å². The number of nitrogens with one attached hydrogen (secondary N) is 1. The highest BCUT2D eigenvalue weighted by molar-refractivity contribution is 7.92. The number of likely N-dealkylation sites (tertiary alicyclic amines) is 1. The van der Waals surface area contributed by atoms with Gasteiger partial charge in [-0.3, -0.25) is 9.52 Å². The van der Waals surface area contributed by atoms with Gasteiger partial charge in [0.15, 0.2) is 0 Å². The normalized spacial score (nSPS) is 14.9. The minimum absolute atomic E-state index is 0.00687. The van der Waals surface area contributed by atoms with Crippen molar-refractivity contribution in [1.29, 1.82) is 0 Å². The van der Waals surface area contributed by atoms with Crippen molar-refractivity contribution in [2.75, 3.05) is 17.8 Å². The summed E-state index contributed by atoms with van der Waals surface area (Å²) in [7, 11) is -4.28. The van der Waals surface area contributed by atoms with Crippen LogP contribution in [-0.4, -0.2) is 32.3 Å². The number of rotatable bonds is 4. The molecule has 1 aliphatic rings. The molecule has 1 N–H and O–H groups in total. The number of carbonyl (C=O) groups is 1. The van der Waals surface area contributed by atoms with Crippen LogP contribution in [0.1, 0.15) is 29.6 Å². The number of hydrogen-bond donors (Lipinski definition) is 1. The molecule has 0 bridgehead atoms. The maximum absolute atomic E-state index is 14.1. The third-order valence-corrected chi connectivity index (χ3v) is 6.15. The smallest absolute Gasteiger partial charge is 0.264 e. The first-order valence-electron chi connectivity index (χ1n) is 8.34. The van der Waals surface area contributed by atoms with Crippen molar-refractivity contribution >= 4 is 44.8 Å². The van der Waals surface area contributed by atoms with Crippen molar-refractivity contribution in [1.82, 2.24) is 4.90 Å². The largest absolute Gasteiger partial charge is 0.339 e. The number of benzene rings is 2. The molecule has 2 aromatic rings. The molecular weight excluding hydrogens is 414 g/mol. The zero-order valence-corrected chi connectivity index (χ0v) is 16.5. The minimum Gasteiger partial charge on any atom is -0.339 e. The van der Waals surface area contributed by atoms with Gasteiger partial charge in [0.05, 0.1) is 11.3 Å². The van der Waals surface area contributed by atoms with Crippen LogP contribution in [-0.2, 0) is 10.0 Å². The second-order valence-corrected chi connectivity index (χ2v) is 8.75. The predicted octanol–water partition coefficient (Wildman–Crippen LogP) is 4.56. The summed E-state index contributed by atoms with van der Waals surface area (Å²) >= 11 is 11.7. The van der Waals surface area contributed by atoms with Gasteiger partial charge in [0.25, 0.3) is 15.9 Å². The molecule has 5 nitrogen and oxygen atoms in total. The maximum atomic E-state index is 14.1. The summed E-state index contributed by atoms with van der Waals surface area (Å²) in [6, 6.07) is 7.57. The van der Waals surface area contributed by atoms with Crippen LogP contribution in [0.2, 0.25) is 10.0 Å². The first-order chi connectivity index (χ1) is 12.8. The van der Waals surface area contributed by atoms with E-state index in [0.717, 1.165) is 31.4 Å². The summed E-state index contributed by atoms with van der Waals surface area (Å²) in [5.74, 6) is -1.28. The second kappa shape index (κ2) is 8.04. The van der Waals surface area contributed by atoms with Gasteiger partial charge in [-0.15, -0.1) is 0 Å². The lowest BCUT2D eigenvalue weighted by Crippen LogP contribution is -2.36. The van der Waals surface area contributed by atoms with E-state index in [1.165, 1.54) is 24.3 Å². The monoisotopic (exact) mass is 430 g/mol. The van der Waals surface area contributed by atoms with Crippen LogP contribution in [0.25, 0.3) is 0 Å². The fraction of sp³-hybridized carbons (Fsp3) is 0.278. The SMILES string of the molecule is O=C(c1ccc(Cl)cc1NS(=O)(=O)c1ccc(Cl)cc1F)N1CCCCC1. The summed E-state index contributed by atoms with van der Waals surface area (Å²) in [6.45, 7) is 1.22. The third-order valence-electron chi connectivity index (χ3n) is 4.28. The quantitative estimate of drug-likeness (QED) is 0.772. The third kappa shape index (κ3) is 4.54. The molecular formula is C18H17Cl2FN2O3S. The van der Waals surface area contributed by atoms with Gasteiger partial charge in [0, 0.05) is 23.1 Å². The van der Waals surface area contributed by atoms with E-state index in [4.69, 9.17) is 23.2 Å². The number of piperidine rings is 1. The fourth-order valence-electron chi connectivity index (χ4n) is 2.95. The Labute approximate surface area is 167 Å². The Morgan fingerprint density at radius 2 is 1.63 bits per heavy atom. The van der Waals surface area contributed by atoms with Crippen molar-refractivity contribution in [3.8, 4) is 0 Å². The molecule has 0 unspecified atom stereocenters. The van der Waals surface area contributed by atoms with Gasteiger partial charge < -0.3 is 4.90 Å². The first-order valence-corrected chi connectivity index (χ1v) is 10.6. The van der Waals surface area contributed by atoms with Crippen molar-refractivity contribution in [3.63, 3.8) is 0 Å². The lowest BCUT2D eigenvalue weighted by molar-refractivity contribution is 0.0725. The van der Waals surface area contributed by atoms with Crippen LogP contribution in [0.4, 0.5) is 10.1 Å². The van der Waals surface area contributed by atoms with Gasteiger partial charge in [-0.05, 0) is 55.7 Å². The van der Waals surface area contributed by atoms with Crippen LogP contribution in [0, 0.1) is 5.82 Å². The van der Waals surface area contributed by atoms with E-state index in [-0.39, 0.29) is 27.2 Å². The van der Waals surface area contributed by atoms with Crippen LogP contribution in [0.15, 0.2) is 41.3 Å². The van der Waals surface area contributed by atoms with E-state index >= 15 is 0 Å². The first kappa shape index (κ1) is 19.9. The van der Waals surface area contributed by atoms with Crippen LogP contribution >= 0.6 is 23.2 Å². The van der Waals surface area contributed by atoms with Gasteiger partial charge in [0.2, 0.25) is 0 Å². The number of anilines is 1. The molecule has 0 atom stereocenters. The van der Waals surface area contributed by atoms with E-state index in [1.807, 2.05) is 0 Å². The van der Waals surface area contributed by atoms with Gasteiger partial charge in [-0.25, -0.2) is 12.8 Å². The molecule has 1 aliphatic heterocycles. The van der Waals surface area contributed by atoms with E-state index in [0.29, 0.717) is 13.1 Å². The molecule has 1 saturated heterocycles. The molecule has 2 aromatic carbocycles. The molecule has 1 amide bonds. The molecule has 0 radical (unpaired) electrons. The maximum Gasteiger partial charge on any atom is 0.264 e. The van der Waals surface area contributed by atoms with E-state index in [2.05, 4.69) is 4.72 Å². The summed E-state index contributed by atoms with van der Waals surface area (Å²) < 4.78 is 41.6. The van der Waals surface area contributed by atoms with Crippen LogP contribution in [0.3, 0.4) is 0 Å². The number of halogens is 3. The van der Waals surface area contributed by atoms with Crippen LogP contribution in [0.5, 0.6) is 0 Å². The highest BCUT2D eigenvalue weighted by Crippen LogP contribution is 2.27. The van der Waals surface area contributed by atoms with Gasteiger partial charge in [-0.2, -0.15) is 0 Å². The Morgan fingerprint density at radius 3 is 2.30 bits per heavy atom. The van der Waals surface area contributed by atoms with Crippen molar-refractivity contribution in [2.24, 2.45) is 0 Å². The van der Waals surface area contributed by atoms with E-state index in [9.17, 15) is 17.6 Å². The average molecular weight is 431 g/mol. The zero-order chi connectivity index (χ0) is 19.6. The minimum atomic E-state index is -4.28. The average Bonchev–Trinajstić information content (AvgIpc) is 2.61. The van der Waals surface area contributed by atoms with E-state index < -0.39 is 20.7 Å². The zero-order valence-electron chi connectivity index (χ0n) is 14.2. The highest BCUT2D eigenvalue weighted by atomic mass is 35.5. The van der Waals surface area contributed by atoms with Gasteiger partial charge >= 0.3 is 0 Å². The molecule has 0 spiro atoms. The van der Waals surface area contributed by atoms with Crippen LogP contribution < -0.4 is 4.72 Å². The standard InChI is InChI=1S/C18H17Cl2FN2O3S/c19-12-5-7-17(15(21)10-12)27(25,26)22-16-11-13(20)4-6-14(16)18(24)23-8-2-1-3-9-23/h4-7,10-11,22H,1-3,8-9H2. The van der Waals surface area contributed by atoms with Crippen molar-refractivity contribution in [3.05, 3.63) is 57.8 Å². The molecule has 27 heavy (non-hydrogen) atoms. The number of nitrogens with zero attached hydrogens (tertiary/aromatic N) is 1. The molecule has 0 saturated carbocycles. The molecule has 144 valence electrons. The Morgan fingerprint density at radius 1 is 1.00 bits per heavy atom. The van der Waals surface area contributed by atoms with E-state index in [1.54, 1.807) is 4.90 Å². The highest BCUT2D eigenvalue weighted by Gasteiger charge is 2.25. The van der Waals surface area contributed by atoms with Crippen molar-refractivity contribution < 1.29 is 17.6 Å². The molecule has 3 rings (SSSR count). The van der Waals surface area contributed by atoms with Crippen molar-refractivity contribution in [2.45, 2.75) is 24.2 Å². The number of sulfonamides is 1. The molecule has 1 heterocycles. The number of amides is 1. The molecule has 1 fully saturated rings. The fourth-order valence-corrected chi connectivity index (χ4v) is 4.41. The Balaban J connectivity index is 1.96. The number of carbonyl (C=O) groups excluding carboxylic acids is 1. The molecule has 0 aliphatic carbocycles. The molecule has 9 heteroatoms. The Bertz CT molecular complexity index is 977. The Hall–Kier alpha value is -1.83. The number of hydrogen-bond acceptors (Lipinski definition) is 3. The van der Waals surface area contributed by atoms with Gasteiger partial charge in [-0.1, -0.05) is 23.2 Å². The Kier molecular flexibility index (Phi) is 5.93. The lowest BCUT2D eigenvalue weighted by atomic mass is 10.1. The summed E-state index contributed by atoms with van der Waals surface area (Å²) in [5, 5.41) is 0.328. The summed E-state index contributed by atoms with van der Waals surface area (Å²) in [6.07, 6.45) is 2.85.